The molecule has 18 heavy (non-hydrogen) atoms. The molecule has 0 aromatic heterocycles. The molecular formula is C18H24. The molecule has 2 aromatic rings. The van der Waals surface area contributed by atoms with Gasteiger partial charge in [-0.25, -0.2) is 0 Å². The molecule has 0 radical (unpaired) electrons. The van der Waals surface area contributed by atoms with Crippen molar-refractivity contribution in [2.45, 2.75) is 40.5 Å². The molecule has 0 aliphatic heterocycles. The largest absolute Gasteiger partial charge is 0.0654 e. The summed E-state index contributed by atoms with van der Waals surface area (Å²) in [5.74, 6) is 0. The lowest BCUT2D eigenvalue weighted by Gasteiger charge is -2.02. The van der Waals surface area contributed by atoms with Gasteiger partial charge in [0.2, 0.25) is 0 Å². The highest BCUT2D eigenvalue weighted by Gasteiger charge is 1.96. The van der Waals surface area contributed by atoms with E-state index in [1.165, 1.54) is 35.1 Å². The van der Waals surface area contributed by atoms with E-state index in [4.69, 9.17) is 0 Å². The Hall–Kier alpha value is -1.56. The standard InChI is InChI=1S/C14H14.C4H10/c1-11-6-8-13(9-7-11)14-5-3-4-12(2)10-14;1-3-4-2/h3-10H,1-2H3;3-4H2,1-2H3. The van der Waals surface area contributed by atoms with Crippen LogP contribution in [0.4, 0.5) is 0 Å². The lowest BCUT2D eigenvalue weighted by atomic mass is 10.0. The van der Waals surface area contributed by atoms with Crippen molar-refractivity contribution in [1.82, 2.24) is 0 Å². The van der Waals surface area contributed by atoms with Crippen LogP contribution in [0.15, 0.2) is 48.5 Å². The Morgan fingerprint density at radius 1 is 0.667 bits per heavy atom. The van der Waals surface area contributed by atoms with Crippen LogP contribution in [-0.4, -0.2) is 0 Å². The second-order valence-electron chi connectivity index (χ2n) is 4.74. The van der Waals surface area contributed by atoms with Crippen LogP contribution in [0.3, 0.4) is 0 Å². The van der Waals surface area contributed by atoms with E-state index in [9.17, 15) is 0 Å². The van der Waals surface area contributed by atoms with Gasteiger partial charge in [0.05, 0.1) is 0 Å². The highest BCUT2D eigenvalue weighted by atomic mass is 14.0. The lowest BCUT2D eigenvalue weighted by molar-refractivity contribution is 0.886. The summed E-state index contributed by atoms with van der Waals surface area (Å²) < 4.78 is 0. The molecular weight excluding hydrogens is 216 g/mol. The molecule has 0 aliphatic carbocycles. The van der Waals surface area contributed by atoms with Gasteiger partial charge in [-0.05, 0) is 25.0 Å². The minimum Gasteiger partial charge on any atom is -0.0654 e. The molecule has 0 heterocycles. The first-order valence-corrected chi connectivity index (χ1v) is 6.81. The summed E-state index contributed by atoms with van der Waals surface area (Å²) in [5, 5.41) is 0. The van der Waals surface area contributed by atoms with Crippen molar-refractivity contribution >= 4 is 0 Å². The predicted molar refractivity (Wildman–Crippen MR) is 81.9 cm³/mol. The van der Waals surface area contributed by atoms with Gasteiger partial charge in [0.15, 0.2) is 0 Å². The van der Waals surface area contributed by atoms with E-state index in [0.717, 1.165) is 0 Å². The molecule has 2 aromatic carbocycles. The summed E-state index contributed by atoms with van der Waals surface area (Å²) in [6.45, 7) is 8.59. The Labute approximate surface area is 112 Å². The van der Waals surface area contributed by atoms with Crippen LogP contribution in [-0.2, 0) is 0 Å². The first-order chi connectivity index (χ1) is 8.67. The number of hydrogen-bond acceptors (Lipinski definition) is 0. The van der Waals surface area contributed by atoms with Crippen LogP contribution in [0, 0.1) is 13.8 Å². The summed E-state index contributed by atoms with van der Waals surface area (Å²) in [5.41, 5.74) is 5.20. The van der Waals surface area contributed by atoms with E-state index in [0.29, 0.717) is 0 Å². The number of benzene rings is 2. The molecule has 0 bridgehead atoms. The maximum atomic E-state index is 2.21. The quantitative estimate of drug-likeness (QED) is 0.624. The Morgan fingerprint density at radius 2 is 1.28 bits per heavy atom. The minimum atomic E-state index is 1.29. The molecule has 0 atom stereocenters. The fourth-order valence-electron chi connectivity index (χ4n) is 1.57. The topological polar surface area (TPSA) is 0 Å². The Bertz CT molecular complexity index is 450. The normalized spacial score (nSPS) is 9.56. The molecule has 0 nitrogen and oxygen atoms in total. The number of rotatable bonds is 2. The van der Waals surface area contributed by atoms with E-state index < -0.39 is 0 Å². The van der Waals surface area contributed by atoms with Gasteiger partial charge in [0.1, 0.15) is 0 Å². The molecule has 0 fully saturated rings. The highest BCUT2D eigenvalue weighted by molar-refractivity contribution is 5.64. The van der Waals surface area contributed by atoms with E-state index in [1.54, 1.807) is 0 Å². The number of hydrogen-bond donors (Lipinski definition) is 0. The maximum Gasteiger partial charge on any atom is -0.0181 e. The van der Waals surface area contributed by atoms with E-state index in [1.807, 2.05) is 0 Å². The first kappa shape index (κ1) is 14.5. The molecule has 0 N–H and O–H groups in total. The highest BCUT2D eigenvalue weighted by Crippen LogP contribution is 2.20. The number of aryl methyl sites for hydroxylation is 2. The SMILES string of the molecule is CCCC.Cc1ccc(-c2cccc(C)c2)cc1. The maximum absolute atomic E-state index is 2.21. The van der Waals surface area contributed by atoms with E-state index in [-0.39, 0.29) is 0 Å². The van der Waals surface area contributed by atoms with Crippen molar-refractivity contribution in [3.63, 3.8) is 0 Å². The third-order valence-corrected chi connectivity index (χ3v) is 2.90. The van der Waals surface area contributed by atoms with Gasteiger partial charge in [-0.2, -0.15) is 0 Å². The van der Waals surface area contributed by atoms with Crippen molar-refractivity contribution in [1.29, 1.82) is 0 Å². The lowest BCUT2D eigenvalue weighted by Crippen LogP contribution is -1.79. The van der Waals surface area contributed by atoms with Gasteiger partial charge in [0.25, 0.3) is 0 Å². The fourth-order valence-corrected chi connectivity index (χ4v) is 1.57. The van der Waals surface area contributed by atoms with Gasteiger partial charge in [-0.15, -0.1) is 0 Å². The van der Waals surface area contributed by atoms with E-state index in [2.05, 4.69) is 76.2 Å². The zero-order valence-corrected chi connectivity index (χ0v) is 12.0. The summed E-state index contributed by atoms with van der Waals surface area (Å²) in [4.78, 5) is 0. The van der Waals surface area contributed by atoms with Crippen LogP contribution >= 0.6 is 0 Å². The minimum absolute atomic E-state index is 1.29. The van der Waals surface area contributed by atoms with Crippen LogP contribution in [0.25, 0.3) is 11.1 Å². The monoisotopic (exact) mass is 240 g/mol. The van der Waals surface area contributed by atoms with Crippen molar-refractivity contribution in [2.75, 3.05) is 0 Å². The zero-order valence-electron chi connectivity index (χ0n) is 12.0. The van der Waals surface area contributed by atoms with E-state index >= 15 is 0 Å². The average Bonchev–Trinajstić information content (AvgIpc) is 2.40. The van der Waals surface area contributed by atoms with Crippen LogP contribution in [0.2, 0.25) is 0 Å². The molecule has 0 heteroatoms. The summed E-state index contributed by atoms with van der Waals surface area (Å²) in [7, 11) is 0. The molecule has 0 unspecified atom stereocenters. The smallest absolute Gasteiger partial charge is 0.0181 e. The van der Waals surface area contributed by atoms with Crippen LogP contribution in [0.1, 0.15) is 37.8 Å². The third kappa shape index (κ3) is 4.75. The Morgan fingerprint density at radius 3 is 1.78 bits per heavy atom. The Balaban J connectivity index is 0.000000357. The van der Waals surface area contributed by atoms with Crippen molar-refractivity contribution in [3.05, 3.63) is 59.7 Å². The van der Waals surface area contributed by atoms with Crippen LogP contribution < -0.4 is 0 Å². The zero-order chi connectivity index (χ0) is 13.4. The van der Waals surface area contributed by atoms with Crippen molar-refractivity contribution in [2.24, 2.45) is 0 Å². The van der Waals surface area contributed by atoms with Crippen molar-refractivity contribution in [3.8, 4) is 11.1 Å². The molecule has 0 saturated heterocycles. The second kappa shape index (κ2) is 7.71. The average molecular weight is 240 g/mol. The van der Waals surface area contributed by atoms with Gasteiger partial charge in [-0.3, -0.25) is 0 Å². The molecule has 0 aliphatic rings. The van der Waals surface area contributed by atoms with Gasteiger partial charge in [0, 0.05) is 0 Å². The molecule has 0 saturated carbocycles. The Kier molecular flexibility index (Phi) is 6.21. The first-order valence-electron chi connectivity index (χ1n) is 6.81. The molecule has 2 rings (SSSR count). The summed E-state index contributed by atoms with van der Waals surface area (Å²) >= 11 is 0. The van der Waals surface area contributed by atoms with Crippen LogP contribution in [0.5, 0.6) is 0 Å². The summed E-state index contributed by atoms with van der Waals surface area (Å²) in [6, 6.07) is 17.2. The fraction of sp³-hybridized carbons (Fsp3) is 0.333. The van der Waals surface area contributed by atoms with Gasteiger partial charge >= 0.3 is 0 Å². The third-order valence-electron chi connectivity index (χ3n) is 2.90. The van der Waals surface area contributed by atoms with Gasteiger partial charge < -0.3 is 0 Å². The molecule has 0 spiro atoms. The second-order valence-corrected chi connectivity index (χ2v) is 4.74. The van der Waals surface area contributed by atoms with Crippen molar-refractivity contribution < 1.29 is 0 Å². The summed E-state index contributed by atoms with van der Waals surface area (Å²) in [6.07, 6.45) is 2.64. The molecule has 0 amide bonds. The van der Waals surface area contributed by atoms with Gasteiger partial charge in [-0.1, -0.05) is 86.3 Å². The number of unbranched alkanes of at least 4 members (excludes halogenated alkanes) is 1. The molecule has 96 valence electrons. The predicted octanol–water partition coefficient (Wildman–Crippen LogP) is 5.78.